The van der Waals surface area contributed by atoms with E-state index in [0.717, 1.165) is 23.5 Å². The van der Waals surface area contributed by atoms with Crippen LogP contribution in [0.4, 0.5) is 11.4 Å². The molecule has 36 heavy (non-hydrogen) atoms. The number of hydrogen-bond donors (Lipinski definition) is 3. The fourth-order valence-electron chi connectivity index (χ4n) is 5.04. The number of fused-ring (bicyclic) bond motifs is 1. The van der Waals surface area contributed by atoms with Gasteiger partial charge in [-0.25, -0.2) is 0 Å². The largest absolute Gasteiger partial charge is 0.489 e. The van der Waals surface area contributed by atoms with Crippen molar-refractivity contribution in [3.05, 3.63) is 54.2 Å². The van der Waals surface area contributed by atoms with Crippen molar-refractivity contribution in [2.24, 2.45) is 0 Å². The van der Waals surface area contributed by atoms with Crippen molar-refractivity contribution in [1.29, 1.82) is 0 Å². The van der Waals surface area contributed by atoms with Crippen molar-refractivity contribution in [2.75, 3.05) is 30.3 Å². The molecule has 6 heteroatoms. The summed E-state index contributed by atoms with van der Waals surface area (Å²) in [6.45, 7) is 10.1. The SMILES string of the molecule is CCCCCCN1CCC(c2c[nH]c3ccc(NC(=S)Nc4ccccc4OC(C)CC)cc23)CC1. The molecular formula is C30H42N4OS. The average Bonchev–Trinajstić information content (AvgIpc) is 3.31. The maximum atomic E-state index is 6.06. The number of hydrogen-bond acceptors (Lipinski definition) is 3. The lowest BCUT2D eigenvalue weighted by Gasteiger charge is -2.32. The summed E-state index contributed by atoms with van der Waals surface area (Å²) in [7, 11) is 0. The van der Waals surface area contributed by atoms with Gasteiger partial charge < -0.3 is 25.3 Å². The van der Waals surface area contributed by atoms with E-state index in [0.29, 0.717) is 11.0 Å². The van der Waals surface area contributed by atoms with E-state index >= 15 is 0 Å². The van der Waals surface area contributed by atoms with E-state index in [4.69, 9.17) is 17.0 Å². The number of H-pyrrole nitrogens is 1. The number of thiocarbonyl (C=S) groups is 1. The smallest absolute Gasteiger partial charge is 0.175 e. The van der Waals surface area contributed by atoms with Gasteiger partial charge in [0.1, 0.15) is 5.75 Å². The van der Waals surface area contributed by atoms with Gasteiger partial charge in [0.2, 0.25) is 0 Å². The molecule has 5 nitrogen and oxygen atoms in total. The zero-order chi connectivity index (χ0) is 25.3. The maximum Gasteiger partial charge on any atom is 0.175 e. The van der Waals surface area contributed by atoms with Crippen LogP contribution in [0.15, 0.2) is 48.7 Å². The Morgan fingerprint density at radius 1 is 1.08 bits per heavy atom. The Balaban J connectivity index is 1.37. The molecule has 1 atom stereocenters. The second-order valence-electron chi connectivity index (χ2n) is 10.1. The van der Waals surface area contributed by atoms with Gasteiger partial charge in [-0.05, 0) is 106 Å². The highest BCUT2D eigenvalue weighted by Gasteiger charge is 2.22. The Labute approximate surface area is 222 Å². The highest BCUT2D eigenvalue weighted by atomic mass is 32.1. The number of aromatic nitrogens is 1. The van der Waals surface area contributed by atoms with Crippen molar-refractivity contribution in [1.82, 2.24) is 9.88 Å². The third kappa shape index (κ3) is 7.01. The lowest BCUT2D eigenvalue weighted by atomic mass is 9.89. The molecule has 0 radical (unpaired) electrons. The fourth-order valence-corrected chi connectivity index (χ4v) is 5.27. The summed E-state index contributed by atoms with van der Waals surface area (Å²) in [6.07, 6.45) is 11.1. The number of likely N-dealkylation sites (tertiary alicyclic amines) is 1. The number of nitrogens with one attached hydrogen (secondary N) is 3. The molecular weight excluding hydrogens is 464 g/mol. The lowest BCUT2D eigenvalue weighted by Crippen LogP contribution is -2.33. The number of nitrogens with zero attached hydrogens (tertiary/aromatic N) is 1. The fraction of sp³-hybridized carbons (Fsp3) is 0.500. The van der Waals surface area contributed by atoms with Gasteiger partial charge in [0.15, 0.2) is 5.11 Å². The summed E-state index contributed by atoms with van der Waals surface area (Å²) < 4.78 is 6.06. The minimum atomic E-state index is 0.150. The maximum absolute atomic E-state index is 6.06. The third-order valence-corrected chi connectivity index (χ3v) is 7.57. The second kappa shape index (κ2) is 13.1. The minimum Gasteiger partial charge on any atom is -0.489 e. The monoisotopic (exact) mass is 506 g/mol. The number of aromatic amines is 1. The van der Waals surface area contributed by atoms with Gasteiger partial charge in [-0.2, -0.15) is 0 Å². The summed E-state index contributed by atoms with van der Waals surface area (Å²) in [5.41, 5.74) is 4.49. The number of anilines is 2. The van der Waals surface area contributed by atoms with Gasteiger partial charge in [-0.3, -0.25) is 0 Å². The molecule has 3 N–H and O–H groups in total. The topological polar surface area (TPSA) is 52.3 Å². The highest BCUT2D eigenvalue weighted by molar-refractivity contribution is 7.80. The quantitative estimate of drug-likeness (QED) is 0.182. The molecule has 0 amide bonds. The zero-order valence-electron chi connectivity index (χ0n) is 22.1. The molecule has 0 spiro atoms. The molecule has 3 aromatic rings. The van der Waals surface area contributed by atoms with E-state index in [9.17, 15) is 0 Å². The van der Waals surface area contributed by atoms with Crippen molar-refractivity contribution < 1.29 is 4.74 Å². The first-order valence-electron chi connectivity index (χ1n) is 13.7. The number of ether oxygens (including phenoxy) is 1. The number of rotatable bonds is 11. The molecule has 1 aliphatic rings. The second-order valence-corrected chi connectivity index (χ2v) is 10.5. The summed E-state index contributed by atoms with van der Waals surface area (Å²) >= 11 is 5.65. The van der Waals surface area contributed by atoms with Gasteiger partial charge in [0.05, 0.1) is 11.8 Å². The Kier molecular flexibility index (Phi) is 9.65. The molecule has 1 fully saturated rings. The number of unbranched alkanes of at least 4 members (excludes halogenated alkanes) is 3. The van der Waals surface area contributed by atoms with Crippen molar-refractivity contribution in [3.63, 3.8) is 0 Å². The van der Waals surface area contributed by atoms with E-state index in [-0.39, 0.29) is 6.10 Å². The Morgan fingerprint density at radius 3 is 2.67 bits per heavy atom. The predicted octanol–water partition coefficient (Wildman–Crippen LogP) is 7.91. The normalized spacial score (nSPS) is 15.6. The first kappa shape index (κ1) is 26.5. The molecule has 0 bridgehead atoms. The first-order chi connectivity index (χ1) is 17.6. The van der Waals surface area contributed by atoms with Gasteiger partial charge in [0.25, 0.3) is 0 Å². The summed E-state index contributed by atoms with van der Waals surface area (Å²) in [5.74, 6) is 1.42. The lowest BCUT2D eigenvalue weighted by molar-refractivity contribution is 0.209. The molecule has 1 aromatic heterocycles. The zero-order valence-corrected chi connectivity index (χ0v) is 22.9. The molecule has 4 rings (SSSR count). The van der Waals surface area contributed by atoms with Crippen LogP contribution < -0.4 is 15.4 Å². The van der Waals surface area contributed by atoms with E-state index in [1.165, 1.54) is 74.6 Å². The number of piperidine rings is 1. The predicted molar refractivity (Wildman–Crippen MR) is 158 cm³/mol. The van der Waals surface area contributed by atoms with Gasteiger partial charge in [-0.1, -0.05) is 45.2 Å². The van der Waals surface area contributed by atoms with Crippen molar-refractivity contribution >= 4 is 39.6 Å². The Bertz CT molecular complexity index is 1120. The van der Waals surface area contributed by atoms with E-state index in [2.05, 4.69) is 65.7 Å². The van der Waals surface area contributed by atoms with Crippen LogP contribution in [0, 0.1) is 0 Å². The van der Waals surface area contributed by atoms with Crippen LogP contribution in [0.25, 0.3) is 10.9 Å². The van der Waals surface area contributed by atoms with Gasteiger partial charge >= 0.3 is 0 Å². The van der Waals surface area contributed by atoms with Crippen molar-refractivity contribution in [3.8, 4) is 5.75 Å². The summed E-state index contributed by atoms with van der Waals surface area (Å²) in [4.78, 5) is 6.14. The molecule has 0 saturated carbocycles. The minimum absolute atomic E-state index is 0.150. The third-order valence-electron chi connectivity index (χ3n) is 7.37. The van der Waals surface area contributed by atoms with Gasteiger partial charge in [-0.15, -0.1) is 0 Å². The number of benzene rings is 2. The first-order valence-corrected chi connectivity index (χ1v) is 14.1. The Morgan fingerprint density at radius 2 is 1.89 bits per heavy atom. The highest BCUT2D eigenvalue weighted by Crippen LogP contribution is 2.34. The van der Waals surface area contributed by atoms with E-state index < -0.39 is 0 Å². The molecule has 0 aliphatic carbocycles. The van der Waals surface area contributed by atoms with Crippen LogP contribution in [-0.4, -0.2) is 40.7 Å². The van der Waals surface area contributed by atoms with Crippen LogP contribution in [0.5, 0.6) is 5.75 Å². The molecule has 194 valence electrons. The molecule has 1 aliphatic heterocycles. The van der Waals surface area contributed by atoms with Gasteiger partial charge in [0, 0.05) is 22.8 Å². The molecule has 1 unspecified atom stereocenters. The van der Waals surface area contributed by atoms with Crippen LogP contribution in [-0.2, 0) is 0 Å². The summed E-state index contributed by atoms with van der Waals surface area (Å²) in [5, 5.41) is 8.55. The molecule has 1 saturated heterocycles. The van der Waals surface area contributed by atoms with E-state index in [1.54, 1.807) is 0 Å². The van der Waals surface area contributed by atoms with Crippen LogP contribution in [0.1, 0.15) is 77.2 Å². The van der Waals surface area contributed by atoms with E-state index in [1.807, 2.05) is 24.3 Å². The van der Waals surface area contributed by atoms with Crippen LogP contribution in [0.2, 0.25) is 0 Å². The number of para-hydroxylation sites is 2. The standard InChI is InChI=1S/C30H42N4OS/c1-4-6-7-10-17-34-18-15-23(16-19-34)26-21-31-27-14-13-24(20-25(26)27)32-30(36)33-28-11-8-9-12-29(28)35-22(3)5-2/h8-9,11-14,20-23,31H,4-7,10,15-19H2,1-3H3,(H2,32,33,36). The molecule has 2 aromatic carbocycles. The average molecular weight is 507 g/mol. The molecule has 2 heterocycles. The van der Waals surface area contributed by atoms with Crippen LogP contribution >= 0.6 is 12.2 Å². The Hall–Kier alpha value is -2.57. The van der Waals surface area contributed by atoms with Crippen LogP contribution in [0.3, 0.4) is 0 Å². The van der Waals surface area contributed by atoms with Crippen molar-refractivity contribution in [2.45, 2.75) is 77.7 Å². The summed E-state index contributed by atoms with van der Waals surface area (Å²) in [6, 6.07) is 14.4.